The fourth-order valence-electron chi connectivity index (χ4n) is 3.53. The Labute approximate surface area is 184 Å². The number of aromatic nitrogens is 1. The monoisotopic (exact) mass is 431 g/mol. The molecule has 1 aliphatic heterocycles. The van der Waals surface area contributed by atoms with Gasteiger partial charge in [0, 0.05) is 34.9 Å². The van der Waals surface area contributed by atoms with Gasteiger partial charge in [-0.25, -0.2) is 0 Å². The van der Waals surface area contributed by atoms with Crippen LogP contribution in [0.2, 0.25) is 0 Å². The first kappa shape index (κ1) is 20.7. The van der Waals surface area contributed by atoms with Crippen molar-refractivity contribution in [3.63, 3.8) is 0 Å². The fraction of sp³-hybridized carbons (Fsp3) is 0.125. The molecular weight excluding hydrogens is 410 g/mol. The van der Waals surface area contributed by atoms with Crippen LogP contribution in [-0.4, -0.2) is 33.1 Å². The van der Waals surface area contributed by atoms with E-state index in [0.717, 1.165) is 44.4 Å². The lowest BCUT2D eigenvalue weighted by atomic mass is 10.1. The molecule has 1 N–H and O–H groups in total. The van der Waals surface area contributed by atoms with Crippen LogP contribution in [0.5, 0.6) is 0 Å². The van der Waals surface area contributed by atoms with Gasteiger partial charge in [-0.05, 0) is 48.5 Å². The Morgan fingerprint density at radius 3 is 2.74 bits per heavy atom. The second-order valence-corrected chi connectivity index (χ2v) is 8.22. The maximum Gasteiger partial charge on any atom is 0.293 e. The van der Waals surface area contributed by atoms with Gasteiger partial charge < -0.3 is 9.88 Å². The third-order valence-electron chi connectivity index (χ3n) is 4.91. The Bertz CT molecular complexity index is 1240. The molecule has 1 aromatic heterocycles. The van der Waals surface area contributed by atoms with E-state index >= 15 is 0 Å². The van der Waals surface area contributed by atoms with E-state index in [1.54, 1.807) is 6.08 Å². The number of carbonyl (C=O) groups excluding carboxylic acids is 3. The van der Waals surface area contributed by atoms with Crippen LogP contribution in [0.1, 0.15) is 11.1 Å². The molecule has 31 heavy (non-hydrogen) atoms. The number of thioether (sulfide) groups is 1. The summed E-state index contributed by atoms with van der Waals surface area (Å²) in [6.07, 6.45) is 5.07. The zero-order valence-corrected chi connectivity index (χ0v) is 17.8. The third-order valence-corrected chi connectivity index (χ3v) is 5.81. The zero-order chi connectivity index (χ0) is 22.0. The van der Waals surface area contributed by atoms with Crippen molar-refractivity contribution in [2.45, 2.75) is 13.5 Å². The number of benzene rings is 2. The lowest BCUT2D eigenvalue weighted by Crippen LogP contribution is -2.27. The molecule has 0 unspecified atom stereocenters. The van der Waals surface area contributed by atoms with E-state index in [4.69, 9.17) is 0 Å². The normalized spacial score (nSPS) is 15.1. The van der Waals surface area contributed by atoms with Crippen molar-refractivity contribution >= 4 is 51.5 Å². The molecule has 4 rings (SSSR count). The quantitative estimate of drug-likeness (QED) is 0.449. The summed E-state index contributed by atoms with van der Waals surface area (Å²) < 4.78 is 1.85. The van der Waals surface area contributed by atoms with Gasteiger partial charge in [0.1, 0.15) is 6.54 Å². The molecule has 1 fully saturated rings. The Balaban J connectivity index is 1.62. The first-order valence-corrected chi connectivity index (χ1v) is 10.6. The molecule has 156 valence electrons. The predicted molar refractivity (Wildman–Crippen MR) is 125 cm³/mol. The van der Waals surface area contributed by atoms with Crippen LogP contribution in [0.4, 0.5) is 10.5 Å². The van der Waals surface area contributed by atoms with E-state index < -0.39 is 0 Å². The van der Waals surface area contributed by atoms with Crippen molar-refractivity contribution in [3.8, 4) is 0 Å². The van der Waals surface area contributed by atoms with Crippen LogP contribution in [-0.2, 0) is 16.1 Å². The standard InChI is InChI=1S/C24H21N3O3S/c1-3-11-27-23(29)21(31-24(27)30)13-17-14-26(20-10-5-4-9-19(17)20)15-22(28)25-18-8-6-7-16(2)12-18/h3-10,12-14H,1,11,15H2,2H3,(H,25,28)/b21-13+. The molecule has 0 radical (unpaired) electrons. The molecule has 2 heterocycles. The smallest absolute Gasteiger partial charge is 0.293 e. The fourth-order valence-corrected chi connectivity index (χ4v) is 4.37. The van der Waals surface area contributed by atoms with Gasteiger partial charge in [-0.3, -0.25) is 19.3 Å². The van der Waals surface area contributed by atoms with Gasteiger partial charge >= 0.3 is 0 Å². The molecule has 0 atom stereocenters. The molecule has 0 saturated carbocycles. The maximum absolute atomic E-state index is 12.6. The van der Waals surface area contributed by atoms with Crippen LogP contribution in [0.25, 0.3) is 17.0 Å². The summed E-state index contributed by atoms with van der Waals surface area (Å²) >= 11 is 0.914. The lowest BCUT2D eigenvalue weighted by Gasteiger charge is -2.08. The van der Waals surface area contributed by atoms with Gasteiger partial charge in [0.15, 0.2) is 0 Å². The van der Waals surface area contributed by atoms with Gasteiger partial charge in [0.25, 0.3) is 11.1 Å². The van der Waals surface area contributed by atoms with E-state index in [1.807, 2.05) is 66.2 Å². The van der Waals surface area contributed by atoms with Crippen molar-refractivity contribution < 1.29 is 14.4 Å². The summed E-state index contributed by atoms with van der Waals surface area (Å²) in [7, 11) is 0. The number of anilines is 1. The van der Waals surface area contributed by atoms with E-state index in [9.17, 15) is 14.4 Å². The molecule has 1 aliphatic rings. The topological polar surface area (TPSA) is 71.4 Å². The number of hydrogen-bond donors (Lipinski definition) is 1. The van der Waals surface area contributed by atoms with Crippen LogP contribution in [0.3, 0.4) is 0 Å². The molecule has 6 nitrogen and oxygen atoms in total. The maximum atomic E-state index is 12.6. The van der Waals surface area contributed by atoms with Gasteiger partial charge in [-0.15, -0.1) is 6.58 Å². The number of amides is 3. The van der Waals surface area contributed by atoms with Crippen LogP contribution in [0.15, 0.2) is 72.3 Å². The summed E-state index contributed by atoms with van der Waals surface area (Å²) in [5, 5.41) is 3.51. The molecule has 1 saturated heterocycles. The van der Waals surface area contributed by atoms with E-state index in [1.165, 1.54) is 6.08 Å². The number of nitrogens with zero attached hydrogens (tertiary/aromatic N) is 2. The Kier molecular flexibility index (Phi) is 5.77. The number of nitrogens with one attached hydrogen (secondary N) is 1. The van der Waals surface area contributed by atoms with Gasteiger partial charge in [0.2, 0.25) is 5.91 Å². The van der Waals surface area contributed by atoms with Crippen LogP contribution < -0.4 is 5.32 Å². The van der Waals surface area contributed by atoms with Crippen LogP contribution in [0, 0.1) is 6.92 Å². The molecule has 0 spiro atoms. The van der Waals surface area contributed by atoms with E-state index in [0.29, 0.717) is 4.91 Å². The molecule has 3 aromatic rings. The molecular formula is C24H21N3O3S. The number of para-hydroxylation sites is 1. The largest absolute Gasteiger partial charge is 0.337 e. The second kappa shape index (κ2) is 8.65. The summed E-state index contributed by atoms with van der Waals surface area (Å²) in [4.78, 5) is 38.8. The van der Waals surface area contributed by atoms with Crippen molar-refractivity contribution in [1.29, 1.82) is 0 Å². The minimum atomic E-state index is -0.330. The summed E-state index contributed by atoms with van der Waals surface area (Å²) in [5.41, 5.74) is 3.47. The van der Waals surface area contributed by atoms with Crippen LogP contribution >= 0.6 is 11.8 Å². The first-order chi connectivity index (χ1) is 15.0. The average molecular weight is 432 g/mol. The second-order valence-electron chi connectivity index (χ2n) is 7.23. The van der Waals surface area contributed by atoms with Gasteiger partial charge in [-0.1, -0.05) is 36.4 Å². The Hall–Kier alpha value is -3.58. The van der Waals surface area contributed by atoms with Crippen molar-refractivity contribution in [2.75, 3.05) is 11.9 Å². The molecule has 2 aromatic carbocycles. The average Bonchev–Trinajstić information content (AvgIpc) is 3.20. The van der Waals surface area contributed by atoms with Gasteiger partial charge in [0.05, 0.1) is 4.91 Å². The number of aryl methyl sites for hydroxylation is 1. The Morgan fingerprint density at radius 1 is 1.16 bits per heavy atom. The summed E-state index contributed by atoms with van der Waals surface area (Å²) in [6.45, 7) is 5.87. The summed E-state index contributed by atoms with van der Waals surface area (Å²) in [6, 6.07) is 15.3. The number of rotatable bonds is 6. The zero-order valence-electron chi connectivity index (χ0n) is 17.0. The summed E-state index contributed by atoms with van der Waals surface area (Å²) in [5.74, 6) is -0.479. The number of imide groups is 1. The number of fused-ring (bicyclic) bond motifs is 1. The lowest BCUT2D eigenvalue weighted by molar-refractivity contribution is -0.122. The third kappa shape index (κ3) is 4.32. The van der Waals surface area contributed by atoms with Gasteiger partial charge in [-0.2, -0.15) is 0 Å². The molecule has 0 bridgehead atoms. The van der Waals surface area contributed by atoms with Crippen molar-refractivity contribution in [3.05, 3.63) is 83.4 Å². The first-order valence-electron chi connectivity index (χ1n) is 9.77. The van der Waals surface area contributed by atoms with Crippen molar-refractivity contribution in [2.24, 2.45) is 0 Å². The van der Waals surface area contributed by atoms with E-state index in [-0.39, 0.29) is 30.1 Å². The SMILES string of the molecule is C=CCN1C(=O)S/C(=C/c2cn(CC(=O)Nc3cccc(C)c3)c3ccccc23)C1=O. The minimum absolute atomic E-state index is 0.125. The highest BCUT2D eigenvalue weighted by molar-refractivity contribution is 8.18. The molecule has 0 aliphatic carbocycles. The molecule has 7 heteroatoms. The predicted octanol–water partition coefficient (Wildman–Crippen LogP) is 4.81. The number of carbonyl (C=O) groups is 3. The molecule has 3 amide bonds. The Morgan fingerprint density at radius 2 is 1.97 bits per heavy atom. The minimum Gasteiger partial charge on any atom is -0.337 e. The van der Waals surface area contributed by atoms with Crippen molar-refractivity contribution in [1.82, 2.24) is 9.47 Å². The van der Waals surface area contributed by atoms with E-state index in [2.05, 4.69) is 11.9 Å². The number of hydrogen-bond acceptors (Lipinski definition) is 4. The highest BCUT2D eigenvalue weighted by Gasteiger charge is 2.34. The highest BCUT2D eigenvalue weighted by atomic mass is 32.2. The highest BCUT2D eigenvalue weighted by Crippen LogP contribution is 2.34.